The second kappa shape index (κ2) is 8.15. The molecule has 2 aliphatic heterocycles. The van der Waals surface area contributed by atoms with E-state index >= 15 is 0 Å². The van der Waals surface area contributed by atoms with Crippen molar-refractivity contribution >= 4 is 21.8 Å². The lowest BCUT2D eigenvalue weighted by molar-refractivity contribution is 0.122. The number of fused-ring (bicyclic) bond motifs is 4. The first-order valence-corrected chi connectivity index (χ1v) is 11.6. The summed E-state index contributed by atoms with van der Waals surface area (Å²) in [6.45, 7) is 9.91. The molecule has 0 bridgehead atoms. The molecule has 0 saturated carbocycles. The van der Waals surface area contributed by atoms with Crippen LogP contribution in [-0.4, -0.2) is 47.3 Å². The van der Waals surface area contributed by atoms with E-state index in [4.69, 9.17) is 9.47 Å². The highest BCUT2D eigenvalue weighted by Gasteiger charge is 2.19. The highest BCUT2D eigenvalue weighted by Crippen LogP contribution is 2.33. The largest absolute Gasteiger partial charge is 0.454 e. The summed E-state index contributed by atoms with van der Waals surface area (Å²) in [6, 6.07) is 22.1. The fraction of sp³-hybridized carbons (Fsp3) is 0.333. The van der Waals surface area contributed by atoms with Crippen molar-refractivity contribution in [2.24, 2.45) is 0 Å². The van der Waals surface area contributed by atoms with Crippen LogP contribution in [0.15, 0.2) is 60.7 Å². The molecule has 0 aliphatic carbocycles. The number of para-hydroxylation sites is 1. The summed E-state index contributed by atoms with van der Waals surface area (Å²) in [5, 5.41) is 2.74. The van der Waals surface area contributed by atoms with Crippen molar-refractivity contribution < 1.29 is 9.47 Å². The van der Waals surface area contributed by atoms with Crippen LogP contribution in [0.3, 0.4) is 0 Å². The Morgan fingerprint density at radius 1 is 0.688 bits per heavy atom. The van der Waals surface area contributed by atoms with E-state index < -0.39 is 0 Å². The van der Waals surface area contributed by atoms with Gasteiger partial charge in [-0.25, -0.2) is 0 Å². The van der Waals surface area contributed by atoms with Crippen LogP contribution in [-0.2, 0) is 19.6 Å². The molecular weight excluding hydrogens is 398 g/mol. The smallest absolute Gasteiger partial charge is 0.231 e. The van der Waals surface area contributed by atoms with Crippen LogP contribution in [0.4, 0.5) is 0 Å². The van der Waals surface area contributed by atoms with Crippen LogP contribution in [0.5, 0.6) is 11.5 Å². The molecule has 3 heterocycles. The maximum Gasteiger partial charge on any atom is 0.231 e. The second-order valence-electron chi connectivity index (χ2n) is 8.85. The molecule has 5 nitrogen and oxygen atoms in total. The third-order valence-electron chi connectivity index (χ3n) is 6.87. The SMILES string of the molecule is CCn1c2ccccc2c2cc(CN3CCN(Cc4ccc5c(c4)OCO5)CC3)ccc21. The quantitative estimate of drug-likeness (QED) is 0.455. The predicted molar refractivity (Wildman–Crippen MR) is 128 cm³/mol. The zero-order valence-corrected chi connectivity index (χ0v) is 18.6. The van der Waals surface area contributed by atoms with Crippen LogP contribution < -0.4 is 9.47 Å². The highest BCUT2D eigenvalue weighted by atomic mass is 16.7. The maximum atomic E-state index is 5.53. The number of piperazine rings is 1. The van der Waals surface area contributed by atoms with Crippen molar-refractivity contribution in [2.75, 3.05) is 33.0 Å². The number of aromatic nitrogens is 1. The summed E-state index contributed by atoms with van der Waals surface area (Å²) in [5.41, 5.74) is 5.37. The van der Waals surface area contributed by atoms with Gasteiger partial charge in [0.15, 0.2) is 11.5 Å². The Kier molecular flexibility index (Phi) is 5.01. The summed E-state index contributed by atoms with van der Waals surface area (Å²) in [4.78, 5) is 5.11. The molecule has 0 N–H and O–H groups in total. The Hall–Kier alpha value is -3.02. The van der Waals surface area contributed by atoms with Crippen LogP contribution >= 0.6 is 0 Å². The number of rotatable bonds is 5. The van der Waals surface area contributed by atoms with E-state index in [1.807, 2.05) is 6.07 Å². The minimum atomic E-state index is 0.336. The number of nitrogens with zero attached hydrogens (tertiary/aromatic N) is 3. The minimum Gasteiger partial charge on any atom is -0.454 e. The first-order valence-electron chi connectivity index (χ1n) is 11.6. The summed E-state index contributed by atoms with van der Waals surface area (Å²) < 4.78 is 13.4. The summed E-state index contributed by atoms with van der Waals surface area (Å²) >= 11 is 0. The van der Waals surface area contributed by atoms with Gasteiger partial charge in [0.2, 0.25) is 6.79 Å². The van der Waals surface area contributed by atoms with Gasteiger partial charge < -0.3 is 14.0 Å². The number of hydrogen-bond donors (Lipinski definition) is 0. The molecule has 0 unspecified atom stereocenters. The van der Waals surface area contributed by atoms with E-state index in [9.17, 15) is 0 Å². The van der Waals surface area contributed by atoms with Crippen LogP contribution in [0.25, 0.3) is 21.8 Å². The molecule has 6 rings (SSSR count). The number of aryl methyl sites for hydroxylation is 1. The molecule has 0 spiro atoms. The van der Waals surface area contributed by atoms with Crippen molar-refractivity contribution in [2.45, 2.75) is 26.6 Å². The van der Waals surface area contributed by atoms with Crippen molar-refractivity contribution in [3.63, 3.8) is 0 Å². The molecular formula is C27H29N3O2. The molecule has 4 aromatic rings. The van der Waals surface area contributed by atoms with Crippen molar-refractivity contribution in [1.29, 1.82) is 0 Å². The van der Waals surface area contributed by atoms with E-state index in [1.165, 1.54) is 32.9 Å². The lowest BCUT2D eigenvalue weighted by atomic mass is 10.1. The van der Waals surface area contributed by atoms with Gasteiger partial charge in [0.25, 0.3) is 0 Å². The molecule has 32 heavy (non-hydrogen) atoms. The summed E-state index contributed by atoms with van der Waals surface area (Å²) in [7, 11) is 0. The molecule has 1 fully saturated rings. The van der Waals surface area contributed by atoms with Crippen molar-refractivity contribution in [1.82, 2.24) is 14.4 Å². The van der Waals surface area contributed by atoms with Crippen molar-refractivity contribution in [3.8, 4) is 11.5 Å². The third-order valence-corrected chi connectivity index (χ3v) is 6.87. The maximum absolute atomic E-state index is 5.53. The van der Waals surface area contributed by atoms with Gasteiger partial charge in [0, 0.05) is 67.6 Å². The Balaban J connectivity index is 1.13. The van der Waals surface area contributed by atoms with E-state index in [0.29, 0.717) is 6.79 Å². The Labute approximate surface area is 188 Å². The molecule has 1 saturated heterocycles. The lowest BCUT2D eigenvalue weighted by Gasteiger charge is -2.34. The first kappa shape index (κ1) is 19.6. The van der Waals surface area contributed by atoms with Gasteiger partial charge in [-0.1, -0.05) is 30.3 Å². The minimum absolute atomic E-state index is 0.336. The fourth-order valence-electron chi connectivity index (χ4n) is 5.20. The van der Waals surface area contributed by atoms with Gasteiger partial charge in [-0.05, 0) is 48.4 Å². The average Bonchev–Trinajstić information content (AvgIpc) is 3.42. The van der Waals surface area contributed by atoms with Gasteiger partial charge in [0.1, 0.15) is 0 Å². The topological polar surface area (TPSA) is 29.9 Å². The van der Waals surface area contributed by atoms with Gasteiger partial charge in [-0.3, -0.25) is 9.80 Å². The van der Waals surface area contributed by atoms with Crippen LogP contribution in [0, 0.1) is 0 Å². The molecule has 5 heteroatoms. The zero-order chi connectivity index (χ0) is 21.5. The van der Waals surface area contributed by atoms with E-state index in [-0.39, 0.29) is 0 Å². The molecule has 0 atom stereocenters. The average molecular weight is 428 g/mol. The molecule has 1 aromatic heterocycles. The molecule has 3 aromatic carbocycles. The Morgan fingerprint density at radius 3 is 2.12 bits per heavy atom. The normalized spacial score (nSPS) is 16.9. The molecule has 164 valence electrons. The number of hydrogen-bond acceptors (Lipinski definition) is 4. The Bertz CT molecular complexity index is 1270. The van der Waals surface area contributed by atoms with Crippen LogP contribution in [0.1, 0.15) is 18.1 Å². The van der Waals surface area contributed by atoms with E-state index in [0.717, 1.165) is 57.3 Å². The lowest BCUT2D eigenvalue weighted by Crippen LogP contribution is -2.45. The summed E-state index contributed by atoms with van der Waals surface area (Å²) in [5.74, 6) is 1.73. The second-order valence-corrected chi connectivity index (χ2v) is 8.85. The van der Waals surface area contributed by atoms with Gasteiger partial charge in [-0.15, -0.1) is 0 Å². The van der Waals surface area contributed by atoms with Gasteiger partial charge >= 0.3 is 0 Å². The zero-order valence-electron chi connectivity index (χ0n) is 18.6. The molecule has 0 radical (unpaired) electrons. The predicted octanol–water partition coefficient (Wildman–Crippen LogP) is 4.86. The van der Waals surface area contributed by atoms with Crippen molar-refractivity contribution in [3.05, 3.63) is 71.8 Å². The first-order chi connectivity index (χ1) is 15.8. The fourth-order valence-corrected chi connectivity index (χ4v) is 5.20. The monoisotopic (exact) mass is 427 g/mol. The van der Waals surface area contributed by atoms with Gasteiger partial charge in [0.05, 0.1) is 0 Å². The van der Waals surface area contributed by atoms with Gasteiger partial charge in [-0.2, -0.15) is 0 Å². The molecule has 0 amide bonds. The van der Waals surface area contributed by atoms with E-state index in [2.05, 4.69) is 75.9 Å². The molecule has 2 aliphatic rings. The van der Waals surface area contributed by atoms with E-state index in [1.54, 1.807) is 0 Å². The third kappa shape index (κ3) is 3.51. The summed E-state index contributed by atoms with van der Waals surface area (Å²) in [6.07, 6.45) is 0. The Morgan fingerprint density at radius 2 is 1.34 bits per heavy atom. The highest BCUT2D eigenvalue weighted by molar-refractivity contribution is 6.08. The number of ether oxygens (including phenoxy) is 2. The standard InChI is InChI=1S/C27H29N3O2/c1-2-30-24-6-4-3-5-22(24)23-15-20(7-9-25(23)30)17-28-11-13-29(14-12-28)18-21-8-10-26-27(16-21)32-19-31-26/h3-10,15-16H,2,11-14,17-19H2,1H3. The number of benzene rings is 3. The van der Waals surface area contributed by atoms with Crippen LogP contribution in [0.2, 0.25) is 0 Å².